The van der Waals surface area contributed by atoms with Crippen molar-refractivity contribution in [3.63, 3.8) is 0 Å². The van der Waals surface area contributed by atoms with Gasteiger partial charge in [0.05, 0.1) is 0 Å². The number of aryl methyl sites for hydroxylation is 2. The average Bonchev–Trinajstić information content (AvgIpc) is 2.74. The average molecular weight is 214 g/mol. The smallest absolute Gasteiger partial charge is 0.182 e. The van der Waals surface area contributed by atoms with Crippen LogP contribution in [0, 0.1) is 6.92 Å². The zero-order chi connectivity index (χ0) is 11.0. The van der Waals surface area contributed by atoms with Gasteiger partial charge in [-0.3, -0.25) is 4.98 Å². The van der Waals surface area contributed by atoms with Crippen LogP contribution >= 0.6 is 0 Å². The minimum Gasteiger partial charge on any atom is -0.310 e. The summed E-state index contributed by atoms with van der Waals surface area (Å²) >= 11 is 0. The Kier molecular flexibility index (Phi) is 2.20. The van der Waals surface area contributed by atoms with Crippen molar-refractivity contribution in [2.75, 3.05) is 0 Å². The topological polar surface area (TPSA) is 43.6 Å². The van der Waals surface area contributed by atoms with Crippen LogP contribution in [0.3, 0.4) is 0 Å². The van der Waals surface area contributed by atoms with Crippen LogP contribution in [-0.4, -0.2) is 19.7 Å². The zero-order valence-electron chi connectivity index (χ0n) is 9.35. The second kappa shape index (κ2) is 3.70. The van der Waals surface area contributed by atoms with Crippen molar-refractivity contribution >= 4 is 0 Å². The Bertz CT molecular complexity index is 515. The van der Waals surface area contributed by atoms with Gasteiger partial charge in [-0.05, 0) is 31.4 Å². The summed E-state index contributed by atoms with van der Waals surface area (Å²) in [6, 6.07) is 4.01. The molecule has 0 fully saturated rings. The van der Waals surface area contributed by atoms with Gasteiger partial charge in [-0.15, -0.1) is 10.2 Å². The van der Waals surface area contributed by atoms with Gasteiger partial charge in [-0.1, -0.05) is 6.07 Å². The summed E-state index contributed by atoms with van der Waals surface area (Å²) in [6.45, 7) is 3.08. The first-order valence-corrected chi connectivity index (χ1v) is 5.70. The first-order valence-electron chi connectivity index (χ1n) is 5.70. The van der Waals surface area contributed by atoms with E-state index in [9.17, 15) is 0 Å². The maximum absolute atomic E-state index is 4.41. The van der Waals surface area contributed by atoms with Gasteiger partial charge in [-0.25, -0.2) is 0 Å². The molecule has 3 rings (SSSR count). The summed E-state index contributed by atoms with van der Waals surface area (Å²) < 4.78 is 2.21. The molecule has 2 aromatic heterocycles. The molecule has 0 unspecified atom stereocenters. The Morgan fingerprint density at radius 1 is 1.25 bits per heavy atom. The number of rotatable bonds is 1. The number of hydrogen-bond donors (Lipinski definition) is 0. The second-order valence-corrected chi connectivity index (χ2v) is 4.22. The molecule has 0 spiro atoms. The van der Waals surface area contributed by atoms with Crippen molar-refractivity contribution in [1.29, 1.82) is 0 Å². The highest BCUT2D eigenvalue weighted by atomic mass is 15.3. The summed E-state index contributed by atoms with van der Waals surface area (Å²) in [5.41, 5.74) is 2.12. The predicted octanol–water partition coefficient (Wildman–Crippen LogP) is 1.98. The molecule has 0 radical (unpaired) electrons. The second-order valence-electron chi connectivity index (χ2n) is 4.22. The highest BCUT2D eigenvalue weighted by molar-refractivity contribution is 5.54. The van der Waals surface area contributed by atoms with Crippen LogP contribution in [0.5, 0.6) is 0 Å². The quantitative estimate of drug-likeness (QED) is 0.729. The minimum absolute atomic E-state index is 0.924. The van der Waals surface area contributed by atoms with Crippen LogP contribution in [0.1, 0.15) is 24.2 Å². The van der Waals surface area contributed by atoms with Crippen molar-refractivity contribution in [2.45, 2.75) is 32.7 Å². The lowest BCUT2D eigenvalue weighted by molar-refractivity contribution is 0.525. The molecule has 2 aromatic rings. The summed E-state index contributed by atoms with van der Waals surface area (Å²) in [6.07, 6.45) is 5.29. The molecule has 0 aliphatic carbocycles. The van der Waals surface area contributed by atoms with Gasteiger partial charge in [-0.2, -0.15) is 0 Å². The molecular weight excluding hydrogens is 200 g/mol. The Morgan fingerprint density at radius 3 is 3.06 bits per heavy atom. The summed E-state index contributed by atoms with van der Waals surface area (Å²) in [4.78, 5) is 4.41. The lowest BCUT2D eigenvalue weighted by atomic mass is 10.1. The SMILES string of the molecule is Cc1cccnc1-c1nnc2n1CCCC2. The lowest BCUT2D eigenvalue weighted by Gasteiger charge is -2.14. The number of hydrogen-bond acceptors (Lipinski definition) is 3. The fraction of sp³-hybridized carbons (Fsp3) is 0.417. The van der Waals surface area contributed by atoms with Gasteiger partial charge in [0.15, 0.2) is 5.82 Å². The fourth-order valence-corrected chi connectivity index (χ4v) is 2.20. The number of fused-ring (bicyclic) bond motifs is 1. The van der Waals surface area contributed by atoms with E-state index in [1.807, 2.05) is 12.3 Å². The first kappa shape index (κ1) is 9.51. The molecule has 4 heteroatoms. The van der Waals surface area contributed by atoms with Gasteiger partial charge in [0, 0.05) is 19.2 Å². The highest BCUT2D eigenvalue weighted by Crippen LogP contribution is 2.23. The summed E-state index contributed by atoms with van der Waals surface area (Å²) in [5, 5.41) is 8.53. The van der Waals surface area contributed by atoms with Gasteiger partial charge >= 0.3 is 0 Å². The molecule has 0 bridgehead atoms. The van der Waals surface area contributed by atoms with E-state index in [1.54, 1.807) is 0 Å². The van der Waals surface area contributed by atoms with Crippen molar-refractivity contribution in [1.82, 2.24) is 19.7 Å². The molecule has 0 saturated carbocycles. The standard InChI is InChI=1S/C12H14N4/c1-9-5-4-7-13-11(9)12-15-14-10-6-2-3-8-16(10)12/h4-5,7H,2-3,6,8H2,1H3. The zero-order valence-corrected chi connectivity index (χ0v) is 9.35. The predicted molar refractivity (Wildman–Crippen MR) is 60.9 cm³/mol. The van der Waals surface area contributed by atoms with Gasteiger partial charge in [0.1, 0.15) is 11.5 Å². The molecule has 0 atom stereocenters. The maximum Gasteiger partial charge on any atom is 0.182 e. The molecule has 1 aliphatic heterocycles. The molecule has 0 amide bonds. The minimum atomic E-state index is 0.924. The third-order valence-corrected chi connectivity index (χ3v) is 3.08. The summed E-state index contributed by atoms with van der Waals surface area (Å²) in [5.74, 6) is 2.03. The third kappa shape index (κ3) is 1.41. The number of aromatic nitrogens is 4. The van der Waals surface area contributed by atoms with E-state index < -0.39 is 0 Å². The van der Waals surface area contributed by atoms with Crippen LogP contribution in [-0.2, 0) is 13.0 Å². The molecule has 4 nitrogen and oxygen atoms in total. The molecular formula is C12H14N4. The van der Waals surface area contributed by atoms with E-state index in [-0.39, 0.29) is 0 Å². The van der Waals surface area contributed by atoms with E-state index in [1.165, 1.54) is 12.8 Å². The van der Waals surface area contributed by atoms with Gasteiger partial charge in [0.25, 0.3) is 0 Å². The molecule has 82 valence electrons. The first-order chi connectivity index (χ1) is 7.86. The van der Waals surface area contributed by atoms with E-state index in [0.717, 1.165) is 35.9 Å². The van der Waals surface area contributed by atoms with Crippen LogP contribution in [0.15, 0.2) is 18.3 Å². The van der Waals surface area contributed by atoms with Crippen LogP contribution in [0.25, 0.3) is 11.5 Å². The largest absolute Gasteiger partial charge is 0.310 e. The van der Waals surface area contributed by atoms with Crippen LogP contribution in [0.4, 0.5) is 0 Å². The Labute approximate surface area is 94.4 Å². The van der Waals surface area contributed by atoms with Crippen LogP contribution in [0.2, 0.25) is 0 Å². The molecule has 0 saturated heterocycles. The molecule has 0 N–H and O–H groups in total. The van der Waals surface area contributed by atoms with E-state index >= 15 is 0 Å². The fourth-order valence-electron chi connectivity index (χ4n) is 2.20. The van der Waals surface area contributed by atoms with Crippen molar-refractivity contribution in [3.8, 4) is 11.5 Å². The normalized spacial score (nSPS) is 14.8. The molecule has 16 heavy (non-hydrogen) atoms. The number of pyridine rings is 1. The lowest BCUT2D eigenvalue weighted by Crippen LogP contribution is -2.12. The molecule has 1 aliphatic rings. The van der Waals surface area contributed by atoms with Gasteiger partial charge < -0.3 is 4.57 Å². The maximum atomic E-state index is 4.41. The molecule has 3 heterocycles. The summed E-state index contributed by atoms with van der Waals surface area (Å²) in [7, 11) is 0. The van der Waals surface area contributed by atoms with Crippen molar-refractivity contribution in [2.24, 2.45) is 0 Å². The highest BCUT2D eigenvalue weighted by Gasteiger charge is 2.18. The third-order valence-electron chi connectivity index (χ3n) is 3.08. The Morgan fingerprint density at radius 2 is 2.19 bits per heavy atom. The van der Waals surface area contributed by atoms with Crippen molar-refractivity contribution in [3.05, 3.63) is 29.7 Å². The van der Waals surface area contributed by atoms with E-state index in [2.05, 4.69) is 32.7 Å². The van der Waals surface area contributed by atoms with Crippen LogP contribution < -0.4 is 0 Å². The van der Waals surface area contributed by atoms with Gasteiger partial charge in [0.2, 0.25) is 0 Å². The molecule has 0 aromatic carbocycles. The van der Waals surface area contributed by atoms with Crippen molar-refractivity contribution < 1.29 is 0 Å². The number of nitrogens with zero attached hydrogens (tertiary/aromatic N) is 4. The monoisotopic (exact) mass is 214 g/mol. The Balaban J connectivity index is 2.13. The van der Waals surface area contributed by atoms with E-state index in [0.29, 0.717) is 0 Å². The Hall–Kier alpha value is -1.71. The van der Waals surface area contributed by atoms with E-state index in [4.69, 9.17) is 0 Å².